The molecule has 4 aromatic rings. The van der Waals surface area contributed by atoms with Crippen LogP contribution in [0, 0.1) is 13.8 Å². The Morgan fingerprint density at radius 3 is 2.56 bits per heavy atom. The van der Waals surface area contributed by atoms with Crippen LogP contribution in [0.2, 0.25) is 0 Å². The lowest BCUT2D eigenvalue weighted by molar-refractivity contribution is 0.0953. The van der Waals surface area contributed by atoms with E-state index in [4.69, 9.17) is 9.62 Å². The Kier molecular flexibility index (Phi) is 6.44. The van der Waals surface area contributed by atoms with E-state index in [1.54, 1.807) is 11.6 Å². The van der Waals surface area contributed by atoms with Crippen LogP contribution >= 0.6 is 0 Å². The van der Waals surface area contributed by atoms with Gasteiger partial charge in [0.1, 0.15) is 5.69 Å². The second kappa shape index (κ2) is 9.60. The SMILES string of the molecule is CCc1ccc(-c2nn(-c3ccccc3C)cc2C(=O)NCCCc2nc(C)no2)cc1. The average Bonchev–Trinajstić information content (AvgIpc) is 3.43. The maximum Gasteiger partial charge on any atom is 0.255 e. The molecule has 4 rings (SSSR count). The fourth-order valence-corrected chi connectivity index (χ4v) is 3.57. The highest BCUT2D eigenvalue weighted by molar-refractivity contribution is 5.99. The van der Waals surface area contributed by atoms with Gasteiger partial charge in [-0.25, -0.2) is 4.68 Å². The largest absolute Gasteiger partial charge is 0.352 e. The van der Waals surface area contributed by atoms with Gasteiger partial charge in [0.15, 0.2) is 5.82 Å². The van der Waals surface area contributed by atoms with Gasteiger partial charge in [-0.2, -0.15) is 10.1 Å². The summed E-state index contributed by atoms with van der Waals surface area (Å²) < 4.78 is 6.91. The van der Waals surface area contributed by atoms with Crippen LogP contribution in [-0.4, -0.2) is 32.4 Å². The lowest BCUT2D eigenvalue weighted by atomic mass is 10.0. The standard InChI is InChI=1S/C25H27N5O2/c1-4-19-11-13-20(14-12-19)24-21(16-30(28-24)22-9-6-5-8-17(22)2)25(31)26-15-7-10-23-27-18(3)29-32-23/h5-6,8-9,11-14,16H,4,7,10,15H2,1-3H3,(H,26,31). The van der Waals surface area contributed by atoms with E-state index in [-0.39, 0.29) is 5.91 Å². The zero-order valence-corrected chi connectivity index (χ0v) is 18.6. The summed E-state index contributed by atoms with van der Waals surface area (Å²) in [6.45, 7) is 6.45. The molecular formula is C25H27N5O2. The fourth-order valence-electron chi connectivity index (χ4n) is 3.57. The summed E-state index contributed by atoms with van der Waals surface area (Å²) in [5, 5.41) is 11.6. The molecule has 0 spiro atoms. The Bertz CT molecular complexity index is 1210. The molecule has 0 aliphatic heterocycles. The molecule has 0 fully saturated rings. The van der Waals surface area contributed by atoms with Crippen molar-refractivity contribution in [2.45, 2.75) is 40.0 Å². The third kappa shape index (κ3) is 4.77. The van der Waals surface area contributed by atoms with Gasteiger partial charge in [-0.3, -0.25) is 4.79 Å². The van der Waals surface area contributed by atoms with E-state index < -0.39 is 0 Å². The average molecular weight is 430 g/mol. The summed E-state index contributed by atoms with van der Waals surface area (Å²) in [7, 11) is 0. The quantitative estimate of drug-likeness (QED) is 0.418. The first-order valence-electron chi connectivity index (χ1n) is 10.9. The van der Waals surface area contributed by atoms with Gasteiger partial charge in [-0.1, -0.05) is 54.5 Å². The zero-order valence-electron chi connectivity index (χ0n) is 18.6. The molecule has 0 saturated heterocycles. The topological polar surface area (TPSA) is 85.8 Å². The van der Waals surface area contributed by atoms with Crippen LogP contribution in [0.1, 0.15) is 46.5 Å². The molecule has 2 aromatic carbocycles. The molecule has 2 aromatic heterocycles. The Hall–Kier alpha value is -3.74. The molecule has 0 aliphatic rings. The molecule has 0 saturated carbocycles. The van der Waals surface area contributed by atoms with Crippen LogP contribution in [-0.2, 0) is 12.8 Å². The van der Waals surface area contributed by atoms with Crippen LogP contribution in [0.5, 0.6) is 0 Å². The van der Waals surface area contributed by atoms with Gasteiger partial charge >= 0.3 is 0 Å². The van der Waals surface area contributed by atoms with Gasteiger partial charge in [0.2, 0.25) is 5.89 Å². The molecule has 0 radical (unpaired) electrons. The van der Waals surface area contributed by atoms with E-state index in [2.05, 4.69) is 34.5 Å². The molecule has 7 heteroatoms. The van der Waals surface area contributed by atoms with Crippen molar-refractivity contribution in [3.8, 4) is 16.9 Å². The molecule has 164 valence electrons. The van der Waals surface area contributed by atoms with Crippen molar-refractivity contribution in [1.29, 1.82) is 0 Å². The summed E-state index contributed by atoms with van der Waals surface area (Å²) in [5.41, 5.74) is 5.41. The number of carbonyl (C=O) groups is 1. The summed E-state index contributed by atoms with van der Waals surface area (Å²) in [5.74, 6) is 1.05. The molecule has 0 atom stereocenters. The summed E-state index contributed by atoms with van der Waals surface area (Å²) in [6, 6.07) is 16.2. The van der Waals surface area contributed by atoms with E-state index in [1.165, 1.54) is 5.56 Å². The fraction of sp³-hybridized carbons (Fsp3) is 0.280. The monoisotopic (exact) mass is 429 g/mol. The molecular weight excluding hydrogens is 402 g/mol. The van der Waals surface area contributed by atoms with E-state index in [0.717, 1.165) is 23.2 Å². The third-order valence-electron chi connectivity index (χ3n) is 5.38. The number of carbonyl (C=O) groups excluding carboxylic acids is 1. The summed E-state index contributed by atoms with van der Waals surface area (Å²) >= 11 is 0. The third-order valence-corrected chi connectivity index (χ3v) is 5.38. The molecule has 0 bridgehead atoms. The smallest absolute Gasteiger partial charge is 0.255 e. The van der Waals surface area contributed by atoms with Crippen LogP contribution in [0.4, 0.5) is 0 Å². The van der Waals surface area contributed by atoms with Gasteiger partial charge in [-0.15, -0.1) is 0 Å². The second-order valence-electron chi connectivity index (χ2n) is 7.77. The molecule has 2 heterocycles. The lowest BCUT2D eigenvalue weighted by Gasteiger charge is -2.05. The van der Waals surface area contributed by atoms with Crippen LogP contribution < -0.4 is 5.32 Å². The minimum absolute atomic E-state index is 0.152. The van der Waals surface area contributed by atoms with Crippen molar-refractivity contribution in [3.63, 3.8) is 0 Å². The molecule has 0 aliphatic carbocycles. The maximum absolute atomic E-state index is 13.1. The zero-order chi connectivity index (χ0) is 22.5. The number of nitrogens with zero attached hydrogens (tertiary/aromatic N) is 4. The second-order valence-corrected chi connectivity index (χ2v) is 7.77. The van der Waals surface area contributed by atoms with Gasteiger partial charge in [0.05, 0.1) is 11.3 Å². The normalized spacial score (nSPS) is 11.0. The van der Waals surface area contributed by atoms with Gasteiger partial charge in [0, 0.05) is 24.7 Å². The van der Waals surface area contributed by atoms with E-state index in [0.29, 0.717) is 42.4 Å². The molecule has 32 heavy (non-hydrogen) atoms. The Balaban J connectivity index is 1.56. The van der Waals surface area contributed by atoms with Crippen molar-refractivity contribution in [3.05, 3.63) is 83.1 Å². The van der Waals surface area contributed by atoms with E-state index >= 15 is 0 Å². The van der Waals surface area contributed by atoms with Gasteiger partial charge in [0.25, 0.3) is 5.91 Å². The lowest BCUT2D eigenvalue weighted by Crippen LogP contribution is -2.25. The van der Waals surface area contributed by atoms with E-state index in [1.807, 2.05) is 49.5 Å². The number of amides is 1. The highest BCUT2D eigenvalue weighted by Crippen LogP contribution is 2.25. The number of benzene rings is 2. The van der Waals surface area contributed by atoms with E-state index in [9.17, 15) is 4.79 Å². The van der Waals surface area contributed by atoms with Crippen molar-refractivity contribution in [2.24, 2.45) is 0 Å². The number of para-hydroxylation sites is 1. The van der Waals surface area contributed by atoms with Crippen molar-refractivity contribution in [1.82, 2.24) is 25.2 Å². The van der Waals surface area contributed by atoms with Crippen LogP contribution in [0.25, 0.3) is 16.9 Å². The summed E-state index contributed by atoms with van der Waals surface area (Å²) in [6.07, 6.45) is 4.10. The number of aromatic nitrogens is 4. The van der Waals surface area contributed by atoms with Gasteiger partial charge in [-0.05, 0) is 43.9 Å². The minimum Gasteiger partial charge on any atom is -0.352 e. The van der Waals surface area contributed by atoms with Crippen molar-refractivity contribution < 1.29 is 9.32 Å². The molecule has 0 unspecified atom stereocenters. The van der Waals surface area contributed by atoms with Crippen molar-refractivity contribution >= 4 is 5.91 Å². The first-order chi connectivity index (χ1) is 15.5. The highest BCUT2D eigenvalue weighted by atomic mass is 16.5. The maximum atomic E-state index is 13.1. The van der Waals surface area contributed by atoms with Crippen LogP contribution in [0.15, 0.2) is 59.3 Å². The Morgan fingerprint density at radius 1 is 1.09 bits per heavy atom. The highest BCUT2D eigenvalue weighted by Gasteiger charge is 2.19. The van der Waals surface area contributed by atoms with Gasteiger partial charge < -0.3 is 9.84 Å². The first-order valence-corrected chi connectivity index (χ1v) is 10.9. The first kappa shape index (κ1) is 21.5. The summed E-state index contributed by atoms with van der Waals surface area (Å²) in [4.78, 5) is 17.3. The van der Waals surface area contributed by atoms with Crippen molar-refractivity contribution in [2.75, 3.05) is 6.54 Å². The molecule has 1 N–H and O–H groups in total. The Labute approximate surface area is 187 Å². The molecule has 7 nitrogen and oxygen atoms in total. The number of hydrogen-bond acceptors (Lipinski definition) is 5. The molecule has 1 amide bonds. The number of hydrogen-bond donors (Lipinski definition) is 1. The Morgan fingerprint density at radius 2 is 1.88 bits per heavy atom. The number of nitrogens with one attached hydrogen (secondary N) is 1. The minimum atomic E-state index is -0.152. The predicted octanol–water partition coefficient (Wildman–Crippen LogP) is 4.46. The number of aryl methyl sites for hydroxylation is 4. The van der Waals surface area contributed by atoms with Crippen LogP contribution in [0.3, 0.4) is 0 Å². The number of rotatable bonds is 8. The predicted molar refractivity (Wildman–Crippen MR) is 123 cm³/mol.